The van der Waals surface area contributed by atoms with Gasteiger partial charge < -0.3 is 5.32 Å². The third kappa shape index (κ3) is 3.48. The lowest BCUT2D eigenvalue weighted by molar-refractivity contribution is 0.978. The predicted molar refractivity (Wildman–Crippen MR) is 78.3 cm³/mol. The number of rotatable bonds is 4. The first-order valence-corrected chi connectivity index (χ1v) is 7.24. The summed E-state index contributed by atoms with van der Waals surface area (Å²) in [5, 5.41) is 7.28. The van der Waals surface area contributed by atoms with E-state index in [-0.39, 0.29) is 5.15 Å². The fourth-order valence-electron chi connectivity index (χ4n) is 1.37. The predicted octanol–water partition coefficient (Wildman–Crippen LogP) is 4.46. The molecule has 0 fully saturated rings. The summed E-state index contributed by atoms with van der Waals surface area (Å²) in [6, 6.07) is 1.58. The number of nitrogens with zero attached hydrogens (tertiary/aromatic N) is 2. The van der Waals surface area contributed by atoms with Crippen LogP contribution >= 0.6 is 46.1 Å². The summed E-state index contributed by atoms with van der Waals surface area (Å²) >= 11 is 19.3. The van der Waals surface area contributed by atoms with Crippen molar-refractivity contribution < 1.29 is 0 Å². The Morgan fingerprint density at radius 3 is 2.67 bits per heavy atom. The van der Waals surface area contributed by atoms with Gasteiger partial charge in [-0.3, -0.25) is 0 Å². The number of hydrogen-bond donors (Lipinski definition) is 1. The van der Waals surface area contributed by atoms with Gasteiger partial charge in [0.2, 0.25) is 0 Å². The lowest BCUT2D eigenvalue weighted by atomic mass is 10.4. The van der Waals surface area contributed by atoms with Gasteiger partial charge in [0.1, 0.15) is 11.0 Å². The molecule has 0 aliphatic rings. The van der Waals surface area contributed by atoms with Gasteiger partial charge in [-0.1, -0.05) is 34.8 Å². The van der Waals surface area contributed by atoms with Crippen LogP contribution in [-0.2, 0) is 6.42 Å². The molecular formula is C11H10Cl3N3S. The molecule has 0 aromatic carbocycles. The molecule has 96 valence electrons. The van der Waals surface area contributed by atoms with E-state index in [1.807, 2.05) is 12.3 Å². The Hall–Kier alpha value is -0.550. The minimum absolute atomic E-state index is 0.244. The van der Waals surface area contributed by atoms with Crippen LogP contribution in [-0.4, -0.2) is 16.5 Å². The molecule has 0 amide bonds. The highest BCUT2D eigenvalue weighted by molar-refractivity contribution is 7.09. The molecule has 0 aliphatic heterocycles. The average molecular weight is 323 g/mol. The van der Waals surface area contributed by atoms with Crippen LogP contribution in [0.3, 0.4) is 0 Å². The van der Waals surface area contributed by atoms with Crippen molar-refractivity contribution in [2.45, 2.75) is 13.3 Å². The van der Waals surface area contributed by atoms with Crippen LogP contribution in [0.1, 0.15) is 10.7 Å². The number of pyridine rings is 1. The van der Waals surface area contributed by atoms with Gasteiger partial charge in [-0.2, -0.15) is 0 Å². The summed E-state index contributed by atoms with van der Waals surface area (Å²) in [5.74, 6) is 0.541. The maximum absolute atomic E-state index is 6.01. The van der Waals surface area contributed by atoms with Crippen LogP contribution in [0.25, 0.3) is 0 Å². The van der Waals surface area contributed by atoms with Crippen molar-refractivity contribution in [3.05, 3.63) is 37.3 Å². The van der Waals surface area contributed by atoms with E-state index in [0.29, 0.717) is 22.4 Å². The summed E-state index contributed by atoms with van der Waals surface area (Å²) in [6.45, 7) is 2.67. The summed E-state index contributed by atoms with van der Waals surface area (Å²) < 4.78 is 0. The fourth-order valence-corrected chi connectivity index (χ4v) is 2.71. The number of thiazole rings is 1. The molecule has 0 atom stereocenters. The van der Waals surface area contributed by atoms with Gasteiger partial charge in [0.05, 0.1) is 15.1 Å². The van der Waals surface area contributed by atoms with Gasteiger partial charge in [-0.15, -0.1) is 11.3 Å². The maximum atomic E-state index is 6.01. The zero-order valence-corrected chi connectivity index (χ0v) is 12.6. The molecule has 0 aliphatic carbocycles. The third-order valence-electron chi connectivity index (χ3n) is 2.18. The molecule has 0 saturated heterocycles. The molecule has 0 radical (unpaired) electrons. The minimum Gasteiger partial charge on any atom is -0.368 e. The molecule has 0 spiro atoms. The second-order valence-corrected chi connectivity index (χ2v) is 5.77. The van der Waals surface area contributed by atoms with E-state index in [1.165, 1.54) is 0 Å². The highest BCUT2D eigenvalue weighted by atomic mass is 35.5. The number of halogens is 3. The van der Waals surface area contributed by atoms with Gasteiger partial charge in [0, 0.05) is 24.0 Å². The van der Waals surface area contributed by atoms with Gasteiger partial charge >= 0.3 is 0 Å². The van der Waals surface area contributed by atoms with Crippen LogP contribution < -0.4 is 5.32 Å². The molecule has 1 N–H and O–H groups in total. The van der Waals surface area contributed by atoms with E-state index in [2.05, 4.69) is 15.3 Å². The second-order valence-electron chi connectivity index (χ2n) is 3.65. The van der Waals surface area contributed by atoms with Crippen LogP contribution in [0.4, 0.5) is 5.82 Å². The maximum Gasteiger partial charge on any atom is 0.150 e. The molecule has 0 unspecified atom stereocenters. The number of hydrogen-bond acceptors (Lipinski definition) is 4. The van der Waals surface area contributed by atoms with Crippen molar-refractivity contribution in [1.29, 1.82) is 0 Å². The van der Waals surface area contributed by atoms with Crippen molar-refractivity contribution in [2.24, 2.45) is 0 Å². The van der Waals surface area contributed by atoms with E-state index in [4.69, 9.17) is 34.8 Å². The first kappa shape index (κ1) is 13.9. The number of aryl methyl sites for hydroxylation is 1. The van der Waals surface area contributed by atoms with Crippen LogP contribution in [0.15, 0.2) is 11.4 Å². The summed E-state index contributed by atoms with van der Waals surface area (Å²) in [5.41, 5.74) is 1.04. The fraction of sp³-hybridized carbons (Fsp3) is 0.273. The van der Waals surface area contributed by atoms with Gasteiger partial charge in [0.25, 0.3) is 0 Å². The first-order valence-electron chi connectivity index (χ1n) is 5.22. The zero-order valence-electron chi connectivity index (χ0n) is 9.51. The normalized spacial score (nSPS) is 10.7. The average Bonchev–Trinajstić information content (AvgIpc) is 2.71. The Bertz CT molecular complexity index is 556. The molecule has 2 rings (SSSR count). The van der Waals surface area contributed by atoms with Crippen molar-refractivity contribution >= 4 is 52.0 Å². The van der Waals surface area contributed by atoms with Gasteiger partial charge in [-0.05, 0) is 13.0 Å². The Kier molecular flexibility index (Phi) is 4.67. The Morgan fingerprint density at radius 2 is 2.00 bits per heavy atom. The van der Waals surface area contributed by atoms with Crippen LogP contribution in [0.5, 0.6) is 0 Å². The second kappa shape index (κ2) is 6.06. The molecule has 2 aromatic rings. The lowest BCUT2D eigenvalue weighted by Crippen LogP contribution is -2.07. The van der Waals surface area contributed by atoms with E-state index in [1.54, 1.807) is 17.4 Å². The zero-order chi connectivity index (χ0) is 13.1. The van der Waals surface area contributed by atoms with Crippen LogP contribution in [0.2, 0.25) is 15.2 Å². The largest absolute Gasteiger partial charge is 0.368 e. The summed E-state index contributed by atoms with van der Waals surface area (Å²) in [6.07, 6.45) is 0.816. The van der Waals surface area contributed by atoms with E-state index in [0.717, 1.165) is 17.1 Å². The highest BCUT2D eigenvalue weighted by Crippen LogP contribution is 2.28. The molecule has 0 saturated carbocycles. The number of anilines is 1. The molecule has 7 heteroatoms. The Morgan fingerprint density at radius 1 is 1.22 bits per heavy atom. The van der Waals surface area contributed by atoms with E-state index in [9.17, 15) is 0 Å². The van der Waals surface area contributed by atoms with Crippen LogP contribution in [0, 0.1) is 6.92 Å². The van der Waals surface area contributed by atoms with E-state index >= 15 is 0 Å². The SMILES string of the molecule is Cc1csc(CCNc2nc(Cl)c(Cl)cc2Cl)n1. The molecule has 2 aromatic heterocycles. The van der Waals surface area contributed by atoms with Crippen molar-refractivity contribution in [3.63, 3.8) is 0 Å². The third-order valence-corrected chi connectivity index (χ3v) is 4.17. The Labute approximate surface area is 124 Å². The lowest BCUT2D eigenvalue weighted by Gasteiger charge is -2.07. The van der Waals surface area contributed by atoms with Gasteiger partial charge in [0.15, 0.2) is 0 Å². The smallest absolute Gasteiger partial charge is 0.150 e. The molecule has 2 heterocycles. The first-order chi connectivity index (χ1) is 8.56. The molecular weight excluding hydrogens is 313 g/mol. The molecule has 18 heavy (non-hydrogen) atoms. The Balaban J connectivity index is 1.96. The standard InChI is InChI=1S/C11H10Cl3N3S/c1-6-5-18-9(16-6)2-3-15-11-8(13)4-7(12)10(14)17-11/h4-5H,2-3H2,1H3,(H,15,17). The molecule has 0 bridgehead atoms. The number of aromatic nitrogens is 2. The highest BCUT2D eigenvalue weighted by Gasteiger charge is 2.07. The van der Waals surface area contributed by atoms with Crippen molar-refractivity contribution in [1.82, 2.24) is 9.97 Å². The topological polar surface area (TPSA) is 37.8 Å². The quantitative estimate of drug-likeness (QED) is 0.844. The van der Waals surface area contributed by atoms with Crippen molar-refractivity contribution in [2.75, 3.05) is 11.9 Å². The summed E-state index contributed by atoms with van der Waals surface area (Å²) in [4.78, 5) is 8.46. The minimum atomic E-state index is 0.244. The van der Waals surface area contributed by atoms with Gasteiger partial charge in [-0.25, -0.2) is 9.97 Å². The van der Waals surface area contributed by atoms with Crippen molar-refractivity contribution in [3.8, 4) is 0 Å². The van der Waals surface area contributed by atoms with E-state index < -0.39 is 0 Å². The number of nitrogens with one attached hydrogen (secondary N) is 1. The monoisotopic (exact) mass is 321 g/mol. The summed E-state index contributed by atoms with van der Waals surface area (Å²) in [7, 11) is 0. The molecule has 3 nitrogen and oxygen atoms in total.